The van der Waals surface area contributed by atoms with Crippen molar-refractivity contribution in [1.82, 2.24) is 0 Å². The van der Waals surface area contributed by atoms with Crippen molar-refractivity contribution in [2.24, 2.45) is 0 Å². The minimum atomic E-state index is -0.930. The Kier molecular flexibility index (Phi) is 32.8. The van der Waals surface area contributed by atoms with Crippen LogP contribution in [-0.2, 0) is 85.5 Å². The zero-order chi connectivity index (χ0) is 74.9. The molecule has 8 rings (SSSR count). The number of benzene rings is 4. The predicted molar refractivity (Wildman–Crippen MR) is 359 cm³/mol. The molecule has 8 atom stereocenters. The van der Waals surface area contributed by atoms with Gasteiger partial charge in [0.15, 0.2) is 24.4 Å². The molecule has 550 valence electrons. The maximum absolute atomic E-state index is 12.9. The van der Waals surface area contributed by atoms with Crippen molar-refractivity contribution in [1.29, 1.82) is 0 Å². The summed E-state index contributed by atoms with van der Waals surface area (Å²) >= 11 is 0. The third kappa shape index (κ3) is 26.9. The molecule has 4 heterocycles. The van der Waals surface area contributed by atoms with Crippen LogP contribution < -0.4 is 18.9 Å². The summed E-state index contributed by atoms with van der Waals surface area (Å²) in [5.41, 5.74) is 1.10. The molecule has 4 saturated heterocycles. The second-order valence-electron chi connectivity index (χ2n) is 22.9. The third-order valence-corrected chi connectivity index (χ3v) is 15.5. The summed E-state index contributed by atoms with van der Waals surface area (Å²) in [6, 6.07) is 24.7. The Morgan fingerprint density at radius 2 is 0.529 bits per heavy atom. The fourth-order valence-corrected chi connectivity index (χ4v) is 10.2. The van der Waals surface area contributed by atoms with E-state index in [4.69, 9.17) is 88.2 Å². The molecule has 0 spiro atoms. The van der Waals surface area contributed by atoms with Gasteiger partial charge in [0.2, 0.25) is 0 Å². The molecule has 4 fully saturated rings. The first-order valence-electron chi connectivity index (χ1n) is 34.4. The van der Waals surface area contributed by atoms with Crippen molar-refractivity contribution >= 4 is 60.1 Å². The van der Waals surface area contributed by atoms with E-state index in [1.165, 1.54) is 48.5 Å². The van der Waals surface area contributed by atoms with Crippen LogP contribution in [0.3, 0.4) is 0 Å². The van der Waals surface area contributed by atoms with Crippen molar-refractivity contribution in [3.63, 3.8) is 0 Å². The lowest BCUT2D eigenvalue weighted by Gasteiger charge is -2.17. The molecule has 7 unspecified atom stereocenters. The minimum Gasteiger partial charge on any atom is -0.494 e. The number of hydrogen-bond acceptors (Lipinski definition) is 28. The Balaban J connectivity index is 0.000000319. The first kappa shape index (κ1) is 77.3. The standard InChI is InChI=1S/C38H46O12.C36H38O16.H2/c1-3-33(39)45-23-11-7-5-9-21-43-29-17-13-27(14-18-29)37(41)49-31-25-47-36-32(26-48-35(31)36)50-38(42)28-15-19-30(20-16-28)44-22-10-6-8-12-24-46-34(40)4-2;1-3-29(37)43-17-5-7-19-45-35(41)49-25-13-9-23(10-14-25)33(39)51-27-21-47-32-28(22-48-31(27)32)52-34(40)24-11-15-26(16-12-24)50-36(42)46-20-8-6-18-44-30(38)4-2;/h3-4,13-20,31-32,35-36H,1-2,5-12,21-26H2;3-4,9-16,27-28,31-32H,1-2,5-8,17-22H2;1H/t;27-,28?,31?,32?;/m.0./s1/i;;1+1D. The summed E-state index contributed by atoms with van der Waals surface area (Å²) in [5.74, 6) is -2.64. The first-order chi connectivity index (χ1) is 50.5. The molecule has 0 bridgehead atoms. The lowest BCUT2D eigenvalue weighted by atomic mass is 10.1. The van der Waals surface area contributed by atoms with Crippen LogP contribution in [0.25, 0.3) is 0 Å². The number of rotatable bonds is 40. The molecule has 0 amide bonds. The van der Waals surface area contributed by atoms with Crippen LogP contribution in [0.4, 0.5) is 9.59 Å². The van der Waals surface area contributed by atoms with E-state index in [0.29, 0.717) is 74.7 Å². The molecule has 4 aliphatic rings. The maximum atomic E-state index is 12.9. The molecular formula is C74H86O28. The molecule has 0 radical (unpaired) electrons. The lowest BCUT2D eigenvalue weighted by molar-refractivity contribution is -0.138. The van der Waals surface area contributed by atoms with Gasteiger partial charge in [-0.15, -0.1) is 0 Å². The largest absolute Gasteiger partial charge is 0.513 e. The Morgan fingerprint density at radius 3 is 0.775 bits per heavy atom. The van der Waals surface area contributed by atoms with Crippen molar-refractivity contribution in [3.05, 3.63) is 170 Å². The van der Waals surface area contributed by atoms with Crippen LogP contribution in [0.1, 0.15) is 121 Å². The second-order valence-corrected chi connectivity index (χ2v) is 22.9. The Bertz CT molecular complexity index is 3210. The SMILES string of the molecule is C=CC(=O)OCCCCCCOc1ccc(C(=O)OC2COC3C(OC(=O)c4ccc(OCCCCCCOC(=O)C=C)cc4)COC23)cc1.C=CC(=O)OCCCCOC(=O)Oc1ccc(C(=O)OC2COC3C2OC[C@@H]3OC(=O)c2ccc(OC(=O)OCCCCOC(=O)C=C)cc2)cc1.[2H][2H]. The van der Waals surface area contributed by atoms with E-state index in [1.54, 1.807) is 48.5 Å². The van der Waals surface area contributed by atoms with Gasteiger partial charge in [0.1, 0.15) is 47.4 Å². The number of hydrogen-bond donors (Lipinski definition) is 0. The highest BCUT2D eigenvalue weighted by Crippen LogP contribution is 2.34. The number of unbranched alkanes of at least 4 members (excludes halogenated alkanes) is 8. The maximum Gasteiger partial charge on any atom is 0.513 e. The van der Waals surface area contributed by atoms with Gasteiger partial charge in [-0.1, -0.05) is 26.3 Å². The van der Waals surface area contributed by atoms with Gasteiger partial charge in [0.25, 0.3) is 0 Å². The van der Waals surface area contributed by atoms with Gasteiger partial charge in [0.05, 0.1) is 102 Å². The molecule has 0 aromatic heterocycles. The van der Waals surface area contributed by atoms with E-state index in [0.717, 1.165) is 75.7 Å². The zero-order valence-electron chi connectivity index (χ0n) is 58.4. The highest BCUT2D eigenvalue weighted by Gasteiger charge is 2.52. The molecule has 4 aromatic carbocycles. The molecule has 102 heavy (non-hydrogen) atoms. The average molecular weight is 1430 g/mol. The predicted octanol–water partition coefficient (Wildman–Crippen LogP) is 10.1. The highest BCUT2D eigenvalue weighted by molar-refractivity contribution is 5.92. The topological polar surface area (TPSA) is 337 Å². The van der Waals surface area contributed by atoms with Crippen molar-refractivity contribution in [2.45, 2.75) is 126 Å². The van der Waals surface area contributed by atoms with Crippen LogP contribution in [0, 0.1) is 0 Å². The number of carbonyl (C=O) groups excluding carboxylic acids is 10. The monoisotopic (exact) mass is 1420 g/mol. The van der Waals surface area contributed by atoms with Gasteiger partial charge in [-0.05, 0) is 174 Å². The quantitative estimate of drug-likeness (QED) is 0.0131. The van der Waals surface area contributed by atoms with Crippen molar-refractivity contribution < 1.29 is 136 Å². The molecule has 28 nitrogen and oxygen atoms in total. The van der Waals surface area contributed by atoms with E-state index in [9.17, 15) is 47.9 Å². The summed E-state index contributed by atoms with van der Waals surface area (Å²) in [6.45, 7) is 15.9. The van der Waals surface area contributed by atoms with Crippen LogP contribution >= 0.6 is 0 Å². The van der Waals surface area contributed by atoms with Gasteiger partial charge in [-0.3, -0.25) is 0 Å². The van der Waals surface area contributed by atoms with Crippen LogP contribution in [0.15, 0.2) is 148 Å². The fraction of sp³-hybridized carbons (Fsp3) is 0.432. The third-order valence-electron chi connectivity index (χ3n) is 15.5. The number of carbonyl (C=O) groups is 10. The summed E-state index contributed by atoms with van der Waals surface area (Å²) in [6.07, 6.45) is 6.21. The molecular weight excluding hydrogens is 1340 g/mol. The van der Waals surface area contributed by atoms with Crippen molar-refractivity contribution in [2.75, 3.05) is 79.3 Å². The summed E-state index contributed by atoms with van der Waals surface area (Å²) in [4.78, 5) is 119. The van der Waals surface area contributed by atoms with Gasteiger partial charge >= 0.3 is 60.1 Å². The van der Waals surface area contributed by atoms with Crippen molar-refractivity contribution in [3.8, 4) is 23.0 Å². The number of fused-ring (bicyclic) bond motifs is 2. The number of esters is 8. The van der Waals surface area contributed by atoms with E-state index in [-0.39, 0.29) is 75.5 Å². The molecule has 4 aliphatic heterocycles. The second kappa shape index (κ2) is 43.3. The molecule has 0 aliphatic carbocycles. The average Bonchev–Trinajstić information content (AvgIpc) is 1.65. The summed E-state index contributed by atoms with van der Waals surface area (Å²) in [5, 5.41) is 0. The Labute approximate surface area is 592 Å². The van der Waals surface area contributed by atoms with Crippen LogP contribution in [0.2, 0.25) is 0 Å². The van der Waals surface area contributed by atoms with E-state index >= 15 is 0 Å². The molecule has 0 N–H and O–H groups in total. The molecule has 0 saturated carbocycles. The van der Waals surface area contributed by atoms with Gasteiger partial charge in [0, 0.05) is 27.3 Å². The molecule has 28 heteroatoms. The molecule has 4 aromatic rings. The summed E-state index contributed by atoms with van der Waals surface area (Å²) < 4.78 is 107. The van der Waals surface area contributed by atoms with Crippen LogP contribution in [-0.4, -0.2) is 188 Å². The first-order valence-corrected chi connectivity index (χ1v) is 33.4. The normalized spacial score (nSPS) is 18.9. The number of ether oxygens (including phenoxy) is 18. The van der Waals surface area contributed by atoms with E-state index in [2.05, 4.69) is 26.3 Å². The van der Waals surface area contributed by atoms with E-state index < -0.39 is 109 Å². The zero-order valence-corrected chi connectivity index (χ0v) is 56.4. The van der Waals surface area contributed by atoms with Gasteiger partial charge in [-0.2, -0.15) is 0 Å². The summed E-state index contributed by atoms with van der Waals surface area (Å²) in [7, 11) is 0. The highest BCUT2D eigenvalue weighted by atomic mass is 16.7. The lowest BCUT2D eigenvalue weighted by Crippen LogP contribution is -2.36. The van der Waals surface area contributed by atoms with Crippen LogP contribution in [0.5, 0.6) is 23.0 Å². The Morgan fingerprint density at radius 1 is 0.314 bits per heavy atom. The minimum absolute atomic E-state index is 0.0176. The Hall–Kier alpha value is -10.4. The smallest absolute Gasteiger partial charge is 0.494 e. The van der Waals surface area contributed by atoms with Gasteiger partial charge in [-0.25, -0.2) is 47.9 Å². The van der Waals surface area contributed by atoms with E-state index in [1.807, 2.05) is 0 Å². The van der Waals surface area contributed by atoms with Gasteiger partial charge < -0.3 is 85.3 Å². The fourth-order valence-electron chi connectivity index (χ4n) is 10.2.